The summed E-state index contributed by atoms with van der Waals surface area (Å²) < 4.78 is 67.6. The fraction of sp³-hybridized carbons (Fsp3) is 0.938. The van der Waals surface area contributed by atoms with Crippen LogP contribution in [0.15, 0.2) is 0 Å². The highest BCUT2D eigenvalue weighted by atomic mass is 31.2. The van der Waals surface area contributed by atoms with Crippen LogP contribution in [0.4, 0.5) is 0 Å². The number of aliphatic hydroxyl groups excluding tert-OH is 1. The molecular formula is C65H126O17P2. The number of hydrogen-bond donors (Lipinski definition) is 3. The third-order valence-corrected chi connectivity index (χ3v) is 16.9. The van der Waals surface area contributed by atoms with Crippen LogP contribution >= 0.6 is 15.6 Å². The van der Waals surface area contributed by atoms with E-state index < -0.39 is 97.5 Å². The highest BCUT2D eigenvalue weighted by Gasteiger charge is 2.30. The van der Waals surface area contributed by atoms with Crippen LogP contribution in [0.1, 0.15) is 330 Å². The fourth-order valence-electron chi connectivity index (χ4n) is 9.76. The maximum absolute atomic E-state index is 13.0. The van der Waals surface area contributed by atoms with Gasteiger partial charge in [0.1, 0.15) is 19.3 Å². The van der Waals surface area contributed by atoms with Crippen molar-refractivity contribution in [3.05, 3.63) is 0 Å². The van der Waals surface area contributed by atoms with Crippen LogP contribution in [0.5, 0.6) is 0 Å². The predicted molar refractivity (Wildman–Crippen MR) is 335 cm³/mol. The van der Waals surface area contributed by atoms with E-state index in [4.69, 9.17) is 37.0 Å². The Morgan fingerprint density at radius 1 is 0.321 bits per heavy atom. The van der Waals surface area contributed by atoms with Crippen LogP contribution in [0, 0.1) is 5.92 Å². The molecule has 5 atom stereocenters. The lowest BCUT2D eigenvalue weighted by molar-refractivity contribution is -0.161. The molecule has 0 aliphatic carbocycles. The molecule has 0 aliphatic rings. The average molecular weight is 1240 g/mol. The third-order valence-electron chi connectivity index (χ3n) is 15.0. The van der Waals surface area contributed by atoms with Gasteiger partial charge in [0.2, 0.25) is 0 Å². The van der Waals surface area contributed by atoms with Crippen molar-refractivity contribution in [1.29, 1.82) is 0 Å². The minimum absolute atomic E-state index is 0.0989. The highest BCUT2D eigenvalue weighted by Crippen LogP contribution is 2.45. The SMILES string of the molecule is CCCCCCCCCCCCCCCCCCCCCCCC(=O)O[C@H](COC(=O)CCCCCCCCCCCCC(C)C)COP(=O)(O)OC[C@@H](O)COP(=O)(O)OC[C@@H](COC(=O)CCCCCCC)OC(=O)CCCCCCC. The largest absolute Gasteiger partial charge is 0.472 e. The normalized spacial score (nSPS) is 14.2. The molecule has 3 N–H and O–H groups in total. The van der Waals surface area contributed by atoms with E-state index in [0.29, 0.717) is 25.7 Å². The number of rotatable bonds is 65. The zero-order chi connectivity index (χ0) is 62.0. The number of hydrogen-bond acceptors (Lipinski definition) is 15. The maximum Gasteiger partial charge on any atom is 0.472 e. The maximum atomic E-state index is 13.0. The van der Waals surface area contributed by atoms with E-state index >= 15 is 0 Å². The van der Waals surface area contributed by atoms with Crippen molar-refractivity contribution in [1.82, 2.24) is 0 Å². The second kappa shape index (κ2) is 58.7. The second-order valence-corrected chi connectivity index (χ2v) is 26.9. The standard InChI is InChI=1S/C65H126O17P2/c1-6-9-12-15-16-17-18-19-20-21-22-23-24-25-26-27-28-33-36-41-46-51-65(70)82-61(55-76-63(68)49-44-40-35-32-30-29-31-34-39-42-47-58(4)5)57-80-84(73,74)78-53-59(66)52-77-83(71,72)79-56-60(81-64(69)50-45-38-14-11-8-3)54-75-62(67)48-43-37-13-10-7-2/h58-61,66H,6-57H2,1-5H3,(H,71,72)(H,73,74)/t59-,60+,61+/m0/s1. The minimum atomic E-state index is -4.94. The Morgan fingerprint density at radius 2 is 0.548 bits per heavy atom. The number of ether oxygens (including phenoxy) is 4. The van der Waals surface area contributed by atoms with Gasteiger partial charge in [-0.3, -0.25) is 37.3 Å². The monoisotopic (exact) mass is 1240 g/mol. The number of unbranched alkanes of at least 4 members (excludes halogenated alkanes) is 37. The summed E-state index contributed by atoms with van der Waals surface area (Å²) in [5.41, 5.74) is 0. The van der Waals surface area contributed by atoms with Crippen LogP contribution in [-0.2, 0) is 65.4 Å². The lowest BCUT2D eigenvalue weighted by Gasteiger charge is -2.21. The van der Waals surface area contributed by atoms with Crippen LogP contribution in [0.25, 0.3) is 0 Å². The van der Waals surface area contributed by atoms with E-state index in [2.05, 4.69) is 34.6 Å². The summed E-state index contributed by atoms with van der Waals surface area (Å²) in [6, 6.07) is 0. The first kappa shape index (κ1) is 82.1. The zero-order valence-electron chi connectivity index (χ0n) is 54.0. The topological polar surface area (TPSA) is 237 Å². The predicted octanol–water partition coefficient (Wildman–Crippen LogP) is 18.2. The molecule has 0 radical (unpaired) electrons. The van der Waals surface area contributed by atoms with Crippen molar-refractivity contribution >= 4 is 39.5 Å². The van der Waals surface area contributed by atoms with Crippen molar-refractivity contribution in [2.45, 2.75) is 348 Å². The molecule has 0 aliphatic heterocycles. The Labute approximate surface area is 511 Å². The summed E-state index contributed by atoms with van der Waals surface area (Å²) in [7, 11) is -9.87. The molecule has 0 spiro atoms. The molecule has 19 heteroatoms. The van der Waals surface area contributed by atoms with Crippen LogP contribution in [-0.4, -0.2) is 96.7 Å². The van der Waals surface area contributed by atoms with E-state index in [1.54, 1.807) is 0 Å². The molecule has 0 heterocycles. The van der Waals surface area contributed by atoms with Gasteiger partial charge in [-0.2, -0.15) is 0 Å². The van der Waals surface area contributed by atoms with Crippen molar-refractivity contribution in [2.75, 3.05) is 39.6 Å². The first-order valence-corrected chi connectivity index (χ1v) is 37.1. The van der Waals surface area contributed by atoms with Gasteiger partial charge < -0.3 is 33.8 Å². The van der Waals surface area contributed by atoms with Gasteiger partial charge in [0, 0.05) is 25.7 Å². The van der Waals surface area contributed by atoms with Gasteiger partial charge in [-0.1, -0.05) is 279 Å². The molecule has 84 heavy (non-hydrogen) atoms. The zero-order valence-corrected chi connectivity index (χ0v) is 55.8. The quantitative estimate of drug-likeness (QED) is 0.0222. The number of esters is 4. The molecule has 0 aromatic heterocycles. The van der Waals surface area contributed by atoms with Gasteiger partial charge in [-0.25, -0.2) is 9.13 Å². The van der Waals surface area contributed by atoms with E-state index in [1.165, 1.54) is 148 Å². The molecule has 0 amide bonds. The van der Waals surface area contributed by atoms with Gasteiger partial charge in [0.05, 0.1) is 26.4 Å². The van der Waals surface area contributed by atoms with Crippen LogP contribution in [0.3, 0.4) is 0 Å². The van der Waals surface area contributed by atoms with E-state index in [0.717, 1.165) is 102 Å². The summed E-state index contributed by atoms with van der Waals surface area (Å²) in [4.78, 5) is 71.7. The number of aliphatic hydroxyl groups is 1. The molecule has 0 fully saturated rings. The smallest absolute Gasteiger partial charge is 0.462 e. The van der Waals surface area contributed by atoms with Crippen molar-refractivity contribution in [2.24, 2.45) is 5.92 Å². The first-order chi connectivity index (χ1) is 40.5. The minimum Gasteiger partial charge on any atom is -0.462 e. The van der Waals surface area contributed by atoms with Crippen molar-refractivity contribution < 1.29 is 80.2 Å². The summed E-state index contributed by atoms with van der Waals surface area (Å²) >= 11 is 0. The van der Waals surface area contributed by atoms with Gasteiger partial charge in [0.25, 0.3) is 0 Å². The molecular weight excluding hydrogens is 1110 g/mol. The Kier molecular flexibility index (Phi) is 57.4. The number of phosphoric ester groups is 2. The Hall–Kier alpha value is -1.94. The first-order valence-electron chi connectivity index (χ1n) is 34.1. The second-order valence-electron chi connectivity index (χ2n) is 24.0. The van der Waals surface area contributed by atoms with Gasteiger partial charge in [-0.15, -0.1) is 0 Å². The average Bonchev–Trinajstić information content (AvgIpc) is 3.45. The fourth-order valence-corrected chi connectivity index (χ4v) is 11.3. The molecule has 0 saturated carbocycles. The number of carbonyl (C=O) groups is 4. The summed E-state index contributed by atoms with van der Waals surface area (Å²) in [5, 5.41) is 10.5. The summed E-state index contributed by atoms with van der Waals surface area (Å²) in [5.74, 6) is -1.40. The van der Waals surface area contributed by atoms with Gasteiger partial charge >= 0.3 is 39.5 Å². The molecule has 0 aromatic carbocycles. The lowest BCUT2D eigenvalue weighted by atomic mass is 10.0. The Bertz CT molecular complexity index is 1640. The molecule has 0 aromatic rings. The Morgan fingerprint density at radius 3 is 0.810 bits per heavy atom. The Balaban J connectivity index is 5.04. The third kappa shape index (κ3) is 59.0. The van der Waals surface area contributed by atoms with Crippen molar-refractivity contribution in [3.8, 4) is 0 Å². The van der Waals surface area contributed by atoms with E-state index in [9.17, 15) is 43.2 Å². The van der Waals surface area contributed by atoms with E-state index in [1.807, 2.05) is 0 Å². The molecule has 0 bridgehead atoms. The molecule has 0 saturated heterocycles. The molecule has 498 valence electrons. The molecule has 0 rings (SSSR count). The van der Waals surface area contributed by atoms with E-state index in [-0.39, 0.29) is 25.7 Å². The molecule has 2 unspecified atom stereocenters. The summed E-state index contributed by atoms with van der Waals surface area (Å²) in [6.45, 7) is 7.01. The highest BCUT2D eigenvalue weighted by molar-refractivity contribution is 7.47. The van der Waals surface area contributed by atoms with Crippen LogP contribution in [0.2, 0.25) is 0 Å². The lowest BCUT2D eigenvalue weighted by Crippen LogP contribution is -2.30. The summed E-state index contributed by atoms with van der Waals surface area (Å²) in [6.07, 6.45) is 44.1. The van der Waals surface area contributed by atoms with Crippen molar-refractivity contribution in [3.63, 3.8) is 0 Å². The molecule has 17 nitrogen and oxygen atoms in total. The van der Waals surface area contributed by atoms with Gasteiger partial charge in [0.15, 0.2) is 12.2 Å². The number of phosphoric acid groups is 2. The van der Waals surface area contributed by atoms with Crippen LogP contribution < -0.4 is 0 Å². The number of carbonyl (C=O) groups excluding carboxylic acids is 4. The van der Waals surface area contributed by atoms with Gasteiger partial charge in [-0.05, 0) is 31.6 Å².